The zero-order valence-corrected chi connectivity index (χ0v) is 16.0. The maximum Gasteiger partial charge on any atom is 0.292 e. The highest BCUT2D eigenvalue weighted by Crippen LogP contribution is 2.22. The molecule has 10 heteroatoms. The van der Waals surface area contributed by atoms with Crippen LogP contribution in [0.3, 0.4) is 0 Å². The van der Waals surface area contributed by atoms with Crippen molar-refractivity contribution in [1.82, 2.24) is 16.2 Å². The first-order valence-corrected chi connectivity index (χ1v) is 9.38. The molecular formula is C16H17N5O2S3. The summed E-state index contributed by atoms with van der Waals surface area (Å²) >= 11 is 12.0. The van der Waals surface area contributed by atoms with Crippen LogP contribution in [0.5, 0.6) is 0 Å². The molecule has 0 unspecified atom stereocenters. The van der Waals surface area contributed by atoms with E-state index in [9.17, 15) is 10.1 Å². The fourth-order valence-electron chi connectivity index (χ4n) is 1.90. The zero-order valence-electron chi connectivity index (χ0n) is 13.6. The smallest absolute Gasteiger partial charge is 0.292 e. The maximum atomic E-state index is 11.0. The van der Waals surface area contributed by atoms with Crippen LogP contribution >= 0.6 is 36.2 Å². The predicted octanol–water partition coefficient (Wildman–Crippen LogP) is 3.05. The molecule has 0 heterocycles. The Morgan fingerprint density at radius 3 is 2.38 bits per heavy atom. The van der Waals surface area contributed by atoms with Crippen LogP contribution in [0.25, 0.3) is 0 Å². The molecule has 0 saturated carbocycles. The summed E-state index contributed by atoms with van der Waals surface area (Å²) < 4.78 is 0. The van der Waals surface area contributed by atoms with Crippen LogP contribution in [-0.4, -0.2) is 27.4 Å². The normalized spacial score (nSPS) is 9.85. The summed E-state index contributed by atoms with van der Waals surface area (Å²) in [5, 5.41) is 17.3. The summed E-state index contributed by atoms with van der Waals surface area (Å²) in [4.78, 5) is 11.7. The first-order valence-electron chi connectivity index (χ1n) is 7.58. The summed E-state index contributed by atoms with van der Waals surface area (Å²) in [5.41, 5.74) is 5.67. The number of hydrogen-bond donors (Lipinski definition) is 4. The average molecular weight is 408 g/mol. The molecule has 26 heavy (non-hydrogen) atoms. The van der Waals surface area contributed by atoms with Crippen LogP contribution in [0.2, 0.25) is 0 Å². The fourth-order valence-corrected chi connectivity index (χ4v) is 3.00. The minimum absolute atomic E-state index is 0.0599. The van der Waals surface area contributed by atoms with E-state index in [0.29, 0.717) is 17.3 Å². The molecule has 2 aromatic carbocycles. The van der Waals surface area contributed by atoms with E-state index in [1.165, 1.54) is 11.0 Å². The lowest BCUT2D eigenvalue weighted by Crippen LogP contribution is -2.48. The second-order valence-electron chi connectivity index (χ2n) is 4.90. The lowest BCUT2D eigenvalue weighted by atomic mass is 10.3. The number of hydrogen-bond acceptors (Lipinski definition) is 5. The number of benzene rings is 2. The van der Waals surface area contributed by atoms with Crippen molar-refractivity contribution in [3.05, 3.63) is 64.7 Å². The summed E-state index contributed by atoms with van der Waals surface area (Å²) in [5.74, 6) is 0.852. The second-order valence-corrected chi connectivity index (χ2v) is 6.88. The monoisotopic (exact) mass is 407 g/mol. The van der Waals surface area contributed by atoms with Crippen molar-refractivity contribution in [3.63, 3.8) is 0 Å². The molecule has 0 aliphatic heterocycles. The third-order valence-corrected chi connectivity index (χ3v) is 4.50. The lowest BCUT2D eigenvalue weighted by molar-refractivity contribution is -0.383. The Balaban J connectivity index is 1.67. The molecule has 2 rings (SSSR count). The summed E-state index contributed by atoms with van der Waals surface area (Å²) in [6.07, 6.45) is 0. The van der Waals surface area contributed by atoms with Gasteiger partial charge in [-0.1, -0.05) is 30.3 Å². The molecule has 0 fully saturated rings. The number of nitro benzene ring substituents is 1. The quantitative estimate of drug-likeness (QED) is 0.190. The van der Waals surface area contributed by atoms with Crippen molar-refractivity contribution in [2.75, 3.05) is 17.6 Å². The zero-order chi connectivity index (χ0) is 18.8. The number of thiocarbonyl (C=S) groups is 2. The first-order chi connectivity index (χ1) is 12.6. The molecule has 0 atom stereocenters. The highest BCUT2D eigenvalue weighted by atomic mass is 32.2. The van der Waals surface area contributed by atoms with Gasteiger partial charge in [0.1, 0.15) is 5.69 Å². The van der Waals surface area contributed by atoms with Gasteiger partial charge in [0.05, 0.1) is 4.92 Å². The van der Waals surface area contributed by atoms with Crippen molar-refractivity contribution in [2.45, 2.75) is 4.90 Å². The molecular weight excluding hydrogens is 390 g/mol. The second kappa shape index (κ2) is 10.5. The third kappa shape index (κ3) is 6.82. The van der Waals surface area contributed by atoms with Gasteiger partial charge in [-0.3, -0.25) is 21.0 Å². The van der Waals surface area contributed by atoms with E-state index in [0.717, 1.165) is 5.75 Å². The summed E-state index contributed by atoms with van der Waals surface area (Å²) in [6.45, 7) is 0.678. The van der Waals surface area contributed by atoms with Crippen LogP contribution < -0.4 is 21.5 Å². The fraction of sp³-hybridized carbons (Fsp3) is 0.125. The molecule has 0 aliphatic carbocycles. The van der Waals surface area contributed by atoms with Crippen molar-refractivity contribution < 1.29 is 4.92 Å². The van der Waals surface area contributed by atoms with Crippen LogP contribution in [0.15, 0.2) is 59.5 Å². The SMILES string of the molecule is O=[N+]([O-])c1ccccc1NC(=S)NNC(=S)NCCSc1ccccc1. The Hall–Kier alpha value is -2.43. The first kappa shape index (κ1) is 19.9. The molecule has 0 amide bonds. The van der Waals surface area contributed by atoms with Crippen LogP contribution in [0, 0.1) is 10.1 Å². The van der Waals surface area contributed by atoms with E-state index in [1.54, 1.807) is 30.0 Å². The van der Waals surface area contributed by atoms with E-state index in [4.69, 9.17) is 24.4 Å². The van der Waals surface area contributed by atoms with E-state index in [1.807, 2.05) is 18.2 Å². The lowest BCUT2D eigenvalue weighted by Gasteiger charge is -2.14. The van der Waals surface area contributed by atoms with Crippen LogP contribution in [0.4, 0.5) is 11.4 Å². The van der Waals surface area contributed by atoms with Crippen molar-refractivity contribution >= 4 is 57.8 Å². The molecule has 0 aliphatic rings. The third-order valence-electron chi connectivity index (χ3n) is 3.04. The molecule has 136 valence electrons. The average Bonchev–Trinajstić information content (AvgIpc) is 2.65. The number of nitrogens with one attached hydrogen (secondary N) is 4. The minimum atomic E-state index is -0.477. The Morgan fingerprint density at radius 1 is 1.00 bits per heavy atom. The molecule has 0 aromatic heterocycles. The van der Waals surface area contributed by atoms with Gasteiger partial charge in [0.25, 0.3) is 5.69 Å². The molecule has 7 nitrogen and oxygen atoms in total. The van der Waals surface area contributed by atoms with Gasteiger partial charge in [0, 0.05) is 23.3 Å². The molecule has 0 radical (unpaired) electrons. The number of rotatable bonds is 6. The van der Waals surface area contributed by atoms with Crippen molar-refractivity contribution in [2.24, 2.45) is 0 Å². The summed E-state index contributed by atoms with van der Waals surface area (Å²) in [6, 6.07) is 16.3. The van der Waals surface area contributed by atoms with Crippen molar-refractivity contribution in [3.8, 4) is 0 Å². The Labute approximate surface area is 166 Å². The highest BCUT2D eigenvalue weighted by molar-refractivity contribution is 7.99. The highest BCUT2D eigenvalue weighted by Gasteiger charge is 2.13. The van der Waals surface area contributed by atoms with E-state index < -0.39 is 4.92 Å². The van der Waals surface area contributed by atoms with Gasteiger partial charge in [-0.05, 0) is 42.6 Å². The van der Waals surface area contributed by atoms with E-state index >= 15 is 0 Å². The van der Waals surface area contributed by atoms with Gasteiger partial charge in [0.15, 0.2) is 10.2 Å². The molecule has 0 bridgehead atoms. The van der Waals surface area contributed by atoms with Gasteiger partial charge < -0.3 is 10.6 Å². The number of anilines is 1. The van der Waals surface area contributed by atoms with Crippen LogP contribution in [0.1, 0.15) is 0 Å². The Morgan fingerprint density at radius 2 is 1.65 bits per heavy atom. The summed E-state index contributed by atoms with van der Waals surface area (Å²) in [7, 11) is 0. The number of thioether (sulfide) groups is 1. The molecule has 2 aromatic rings. The largest absolute Gasteiger partial charge is 0.361 e. The van der Waals surface area contributed by atoms with Gasteiger partial charge >= 0.3 is 0 Å². The maximum absolute atomic E-state index is 11.0. The topological polar surface area (TPSA) is 91.3 Å². The van der Waals surface area contributed by atoms with Gasteiger partial charge in [-0.25, -0.2) is 0 Å². The molecule has 4 N–H and O–H groups in total. The molecule has 0 saturated heterocycles. The Bertz CT molecular complexity index is 773. The van der Waals surface area contributed by atoms with Crippen LogP contribution in [-0.2, 0) is 0 Å². The Kier molecular flexibility index (Phi) is 8.06. The minimum Gasteiger partial charge on any atom is -0.361 e. The van der Waals surface area contributed by atoms with E-state index in [2.05, 4.69) is 33.6 Å². The van der Waals surface area contributed by atoms with Crippen molar-refractivity contribution in [1.29, 1.82) is 0 Å². The standard InChI is InChI=1S/C16H17N5O2S3/c22-21(23)14-9-5-4-8-13(14)18-16(25)20-19-15(24)17-10-11-26-12-6-2-1-3-7-12/h1-9H,10-11H2,(H2,17,19,24)(H2,18,20,25). The van der Waals surface area contributed by atoms with Gasteiger partial charge in [0.2, 0.25) is 0 Å². The van der Waals surface area contributed by atoms with E-state index in [-0.39, 0.29) is 10.8 Å². The van der Waals surface area contributed by atoms with Gasteiger partial charge in [-0.2, -0.15) is 0 Å². The predicted molar refractivity (Wildman–Crippen MR) is 113 cm³/mol. The number of nitro groups is 1. The molecule has 0 spiro atoms. The number of hydrazine groups is 1. The number of nitrogens with zero attached hydrogens (tertiary/aromatic N) is 1. The van der Waals surface area contributed by atoms with Gasteiger partial charge in [-0.15, -0.1) is 11.8 Å². The number of para-hydroxylation sites is 2.